The first kappa shape index (κ1) is 17.5. The Kier molecular flexibility index (Phi) is 4.78. The van der Waals surface area contributed by atoms with E-state index < -0.39 is 15.6 Å². The summed E-state index contributed by atoms with van der Waals surface area (Å²) in [5.41, 5.74) is -0.431. The fourth-order valence-corrected chi connectivity index (χ4v) is 4.27. The van der Waals surface area contributed by atoms with Crippen LogP contribution in [0.25, 0.3) is 0 Å². The van der Waals surface area contributed by atoms with Gasteiger partial charge in [-0.3, -0.25) is 0 Å². The quantitative estimate of drug-likeness (QED) is 0.737. The maximum Gasteiger partial charge on any atom is 0.410 e. The molecule has 2 saturated heterocycles. The van der Waals surface area contributed by atoms with Gasteiger partial charge in [0, 0.05) is 26.2 Å². The van der Waals surface area contributed by atoms with E-state index in [-0.39, 0.29) is 11.5 Å². The first-order chi connectivity index (χ1) is 10.0. The number of nitrogens with zero attached hydrogens (tertiary/aromatic N) is 2. The predicted octanol–water partition coefficient (Wildman–Crippen LogP) is 2.06. The maximum atomic E-state index is 12.2. The number of amides is 1. The molecule has 0 bridgehead atoms. The van der Waals surface area contributed by atoms with Crippen molar-refractivity contribution in [2.24, 2.45) is 5.41 Å². The summed E-state index contributed by atoms with van der Waals surface area (Å²) in [7, 11) is -3.12. The highest BCUT2D eigenvalue weighted by molar-refractivity contribution is 7.88. The lowest BCUT2D eigenvalue weighted by Gasteiger charge is -2.29. The Morgan fingerprint density at radius 3 is 2.32 bits per heavy atom. The summed E-state index contributed by atoms with van der Waals surface area (Å²) in [5.74, 6) is 0. The van der Waals surface area contributed by atoms with E-state index in [1.54, 1.807) is 9.21 Å². The molecule has 2 rings (SSSR count). The van der Waals surface area contributed by atoms with Crippen molar-refractivity contribution in [1.82, 2.24) is 9.21 Å². The number of carbonyl (C=O) groups excluding carboxylic acids is 1. The standard InChI is InChI=1S/C15H28N2O4S/c1-14(2,3)21-13(18)16-10-7-15(12-16)6-5-9-17(11-8-15)22(4,19)20/h5-12H2,1-4H3. The molecule has 2 fully saturated rings. The van der Waals surface area contributed by atoms with Gasteiger partial charge in [0.15, 0.2) is 0 Å². The fraction of sp³-hybridized carbons (Fsp3) is 0.933. The SMILES string of the molecule is CC(C)(C)OC(=O)N1CCC2(CCCN(S(C)(=O)=O)CC2)C1. The van der Waals surface area contributed by atoms with Gasteiger partial charge in [-0.2, -0.15) is 0 Å². The molecular formula is C15H28N2O4S. The van der Waals surface area contributed by atoms with Gasteiger partial charge in [0.05, 0.1) is 6.26 Å². The minimum absolute atomic E-state index is 0.0519. The van der Waals surface area contributed by atoms with Crippen molar-refractivity contribution in [2.45, 2.75) is 52.1 Å². The van der Waals surface area contributed by atoms with E-state index in [9.17, 15) is 13.2 Å². The topological polar surface area (TPSA) is 66.9 Å². The lowest BCUT2D eigenvalue weighted by atomic mass is 9.80. The lowest BCUT2D eigenvalue weighted by molar-refractivity contribution is 0.0269. The molecule has 128 valence electrons. The second-order valence-electron chi connectivity index (χ2n) is 7.67. The summed E-state index contributed by atoms with van der Waals surface area (Å²) in [6.07, 6.45) is 4.59. The molecular weight excluding hydrogens is 304 g/mol. The second-order valence-corrected chi connectivity index (χ2v) is 9.65. The van der Waals surface area contributed by atoms with Crippen molar-refractivity contribution in [2.75, 3.05) is 32.4 Å². The Morgan fingerprint density at radius 2 is 1.73 bits per heavy atom. The van der Waals surface area contributed by atoms with Gasteiger partial charge in [0.1, 0.15) is 5.60 Å². The monoisotopic (exact) mass is 332 g/mol. The molecule has 2 heterocycles. The number of hydrogen-bond acceptors (Lipinski definition) is 4. The van der Waals surface area contributed by atoms with Crippen molar-refractivity contribution in [3.63, 3.8) is 0 Å². The Hall–Kier alpha value is -0.820. The van der Waals surface area contributed by atoms with Crippen LogP contribution in [-0.4, -0.2) is 61.8 Å². The third kappa shape index (κ3) is 4.35. The molecule has 0 aliphatic carbocycles. The van der Waals surface area contributed by atoms with E-state index in [0.29, 0.717) is 26.2 Å². The summed E-state index contributed by atoms with van der Waals surface area (Å²) >= 11 is 0. The zero-order valence-corrected chi connectivity index (χ0v) is 14.9. The highest BCUT2D eigenvalue weighted by Crippen LogP contribution is 2.41. The predicted molar refractivity (Wildman–Crippen MR) is 85.1 cm³/mol. The average Bonchev–Trinajstić information content (AvgIpc) is 2.61. The smallest absolute Gasteiger partial charge is 0.410 e. The van der Waals surface area contributed by atoms with Crippen LogP contribution >= 0.6 is 0 Å². The van der Waals surface area contributed by atoms with Crippen LogP contribution in [0.15, 0.2) is 0 Å². The van der Waals surface area contributed by atoms with E-state index in [4.69, 9.17) is 4.74 Å². The van der Waals surface area contributed by atoms with Gasteiger partial charge >= 0.3 is 6.09 Å². The first-order valence-electron chi connectivity index (χ1n) is 7.94. The van der Waals surface area contributed by atoms with Crippen LogP contribution in [0.5, 0.6) is 0 Å². The Labute approximate surface area is 133 Å². The molecule has 0 aromatic carbocycles. The van der Waals surface area contributed by atoms with E-state index in [0.717, 1.165) is 25.7 Å². The van der Waals surface area contributed by atoms with Gasteiger partial charge in [0.25, 0.3) is 0 Å². The minimum Gasteiger partial charge on any atom is -0.444 e. The highest BCUT2D eigenvalue weighted by atomic mass is 32.2. The lowest BCUT2D eigenvalue weighted by Crippen LogP contribution is -2.37. The van der Waals surface area contributed by atoms with Crippen molar-refractivity contribution in [1.29, 1.82) is 0 Å². The van der Waals surface area contributed by atoms with Crippen molar-refractivity contribution < 1.29 is 17.9 Å². The maximum absolute atomic E-state index is 12.2. The van der Waals surface area contributed by atoms with Crippen LogP contribution in [-0.2, 0) is 14.8 Å². The van der Waals surface area contributed by atoms with Gasteiger partial charge < -0.3 is 9.64 Å². The van der Waals surface area contributed by atoms with Crippen LogP contribution in [0, 0.1) is 5.41 Å². The molecule has 22 heavy (non-hydrogen) atoms. The molecule has 1 spiro atoms. The van der Waals surface area contributed by atoms with Crippen LogP contribution in [0.4, 0.5) is 4.79 Å². The number of sulfonamides is 1. The number of rotatable bonds is 1. The fourth-order valence-electron chi connectivity index (χ4n) is 3.39. The third-order valence-electron chi connectivity index (χ3n) is 4.57. The summed E-state index contributed by atoms with van der Waals surface area (Å²) in [6.45, 7) is 8.13. The molecule has 0 N–H and O–H groups in total. The summed E-state index contributed by atoms with van der Waals surface area (Å²) in [6, 6.07) is 0. The Morgan fingerprint density at radius 1 is 1.09 bits per heavy atom. The summed E-state index contributed by atoms with van der Waals surface area (Å²) < 4.78 is 30.4. The van der Waals surface area contributed by atoms with E-state index in [1.165, 1.54) is 6.26 Å². The summed E-state index contributed by atoms with van der Waals surface area (Å²) in [4.78, 5) is 14.0. The van der Waals surface area contributed by atoms with Crippen molar-refractivity contribution in [3.05, 3.63) is 0 Å². The van der Waals surface area contributed by atoms with Gasteiger partial charge in [-0.15, -0.1) is 0 Å². The van der Waals surface area contributed by atoms with Crippen LogP contribution in [0.3, 0.4) is 0 Å². The highest BCUT2D eigenvalue weighted by Gasteiger charge is 2.42. The number of likely N-dealkylation sites (tertiary alicyclic amines) is 1. The van der Waals surface area contributed by atoms with Gasteiger partial charge in [-0.05, 0) is 51.9 Å². The molecule has 7 heteroatoms. The minimum atomic E-state index is -3.12. The largest absolute Gasteiger partial charge is 0.444 e. The van der Waals surface area contributed by atoms with Crippen molar-refractivity contribution in [3.8, 4) is 0 Å². The van der Waals surface area contributed by atoms with Crippen LogP contribution < -0.4 is 0 Å². The number of carbonyl (C=O) groups is 1. The zero-order valence-electron chi connectivity index (χ0n) is 14.1. The van der Waals surface area contributed by atoms with Crippen molar-refractivity contribution >= 4 is 16.1 Å². The number of ether oxygens (including phenoxy) is 1. The van der Waals surface area contributed by atoms with E-state index >= 15 is 0 Å². The molecule has 1 atom stereocenters. The molecule has 1 unspecified atom stereocenters. The molecule has 2 aliphatic heterocycles. The molecule has 6 nitrogen and oxygen atoms in total. The molecule has 0 radical (unpaired) electrons. The molecule has 0 aromatic rings. The van der Waals surface area contributed by atoms with E-state index in [2.05, 4.69) is 0 Å². The Balaban J connectivity index is 1.98. The van der Waals surface area contributed by atoms with Crippen LogP contribution in [0.1, 0.15) is 46.5 Å². The zero-order chi connectivity index (χ0) is 16.6. The van der Waals surface area contributed by atoms with Gasteiger partial charge in [0.2, 0.25) is 10.0 Å². The van der Waals surface area contributed by atoms with Crippen LogP contribution in [0.2, 0.25) is 0 Å². The normalized spacial score (nSPS) is 27.9. The molecule has 2 aliphatic rings. The van der Waals surface area contributed by atoms with Gasteiger partial charge in [-0.25, -0.2) is 17.5 Å². The molecule has 1 amide bonds. The Bertz CT molecular complexity index is 526. The third-order valence-corrected chi connectivity index (χ3v) is 5.87. The van der Waals surface area contributed by atoms with E-state index in [1.807, 2.05) is 20.8 Å². The average molecular weight is 332 g/mol. The number of hydrogen-bond donors (Lipinski definition) is 0. The van der Waals surface area contributed by atoms with Gasteiger partial charge in [-0.1, -0.05) is 0 Å². The molecule has 0 saturated carbocycles. The molecule has 0 aromatic heterocycles. The second kappa shape index (κ2) is 6.00. The first-order valence-corrected chi connectivity index (χ1v) is 9.79. The summed E-state index contributed by atoms with van der Waals surface area (Å²) in [5, 5.41) is 0.